The number of fused-ring (bicyclic) bond motifs is 1. The number of esters is 1. The predicted octanol–water partition coefficient (Wildman–Crippen LogP) is 3.19. The number of alkyl halides is 1. The molecule has 0 aliphatic carbocycles. The smallest absolute Gasteiger partial charge is 0.312 e. The molecule has 0 aromatic heterocycles. The first-order valence-corrected chi connectivity index (χ1v) is 14.6. The summed E-state index contributed by atoms with van der Waals surface area (Å²) < 4.78 is 11.8. The molecular formula is C28H40BrN3O6. The molecular weight excluding hydrogens is 554 g/mol. The van der Waals surface area contributed by atoms with Crippen LogP contribution in [0.3, 0.4) is 0 Å². The van der Waals surface area contributed by atoms with Crippen molar-refractivity contribution in [1.82, 2.24) is 4.90 Å². The van der Waals surface area contributed by atoms with Crippen molar-refractivity contribution >= 4 is 45.1 Å². The van der Waals surface area contributed by atoms with Gasteiger partial charge in [0.05, 0.1) is 37.2 Å². The number of hydrogen-bond acceptors (Lipinski definition) is 7. The SMILES string of the molecule is CCOC(=O)[C@H]1[C@@H]2OC3(CC2Br)C(C(=O)Nc2ccc(N(CC)CC)cc2)N([C@@H](CO)CC(C)C)C(=O)[C@H]13. The Labute approximate surface area is 233 Å². The van der Waals surface area contributed by atoms with Gasteiger partial charge in [-0.05, 0) is 63.8 Å². The zero-order valence-corrected chi connectivity index (χ0v) is 24.4. The summed E-state index contributed by atoms with van der Waals surface area (Å²) in [6.07, 6.45) is 0.351. The van der Waals surface area contributed by atoms with E-state index in [1.807, 2.05) is 38.1 Å². The Morgan fingerprint density at radius 1 is 1.24 bits per heavy atom. The summed E-state index contributed by atoms with van der Waals surface area (Å²) in [7, 11) is 0. The Kier molecular flexibility index (Phi) is 8.74. The lowest BCUT2D eigenvalue weighted by molar-refractivity contribution is -0.155. The summed E-state index contributed by atoms with van der Waals surface area (Å²) >= 11 is 3.65. The fourth-order valence-electron chi connectivity index (χ4n) is 6.64. The molecule has 210 valence electrons. The lowest BCUT2D eigenvalue weighted by atomic mass is 9.70. The van der Waals surface area contributed by atoms with Gasteiger partial charge >= 0.3 is 5.97 Å². The van der Waals surface area contributed by atoms with Gasteiger partial charge < -0.3 is 29.7 Å². The van der Waals surface area contributed by atoms with Crippen molar-refractivity contribution in [2.45, 2.75) is 76.1 Å². The third-order valence-electron chi connectivity index (χ3n) is 8.15. The second kappa shape index (κ2) is 11.5. The summed E-state index contributed by atoms with van der Waals surface area (Å²) in [5.74, 6) is -2.68. The standard InChI is InChI=1S/C28H40BrN3O6/c1-6-31(7-2)18-11-9-17(10-12-18)30-25(34)24-28-14-20(29)23(38-28)21(27(36)37-8-3)22(28)26(35)32(24)19(15-33)13-16(4)5/h9-12,16,19-24,33H,6-8,13-15H2,1-5H3,(H,30,34)/t19-,20?,21-,22+,23-,24?,28?/m1/s1. The minimum atomic E-state index is -1.19. The molecule has 1 aromatic rings. The number of halogens is 1. The Balaban J connectivity index is 1.71. The van der Waals surface area contributed by atoms with E-state index in [0.717, 1.165) is 18.8 Å². The predicted molar refractivity (Wildman–Crippen MR) is 148 cm³/mol. The molecule has 2 amide bonds. The average molecular weight is 595 g/mol. The number of rotatable bonds is 11. The minimum Gasteiger partial charge on any atom is -0.466 e. The van der Waals surface area contributed by atoms with Gasteiger partial charge in [0.25, 0.3) is 0 Å². The van der Waals surface area contributed by atoms with E-state index >= 15 is 0 Å². The highest BCUT2D eigenvalue weighted by Crippen LogP contribution is 2.60. The molecule has 10 heteroatoms. The van der Waals surface area contributed by atoms with Gasteiger partial charge in [-0.15, -0.1) is 0 Å². The molecule has 1 aromatic carbocycles. The molecule has 7 atom stereocenters. The molecule has 3 aliphatic rings. The Morgan fingerprint density at radius 2 is 1.89 bits per heavy atom. The quantitative estimate of drug-likeness (QED) is 0.299. The third-order valence-corrected chi connectivity index (χ3v) is 8.99. The van der Waals surface area contributed by atoms with Crippen LogP contribution in [-0.2, 0) is 23.9 Å². The van der Waals surface area contributed by atoms with E-state index in [0.29, 0.717) is 18.5 Å². The number of ether oxygens (including phenoxy) is 2. The highest BCUT2D eigenvalue weighted by Gasteiger charge is 2.77. The molecule has 38 heavy (non-hydrogen) atoms. The molecule has 3 unspecified atom stereocenters. The second-order valence-corrected chi connectivity index (χ2v) is 12.0. The van der Waals surface area contributed by atoms with Gasteiger partial charge in [-0.3, -0.25) is 14.4 Å². The van der Waals surface area contributed by atoms with Crippen LogP contribution in [0.15, 0.2) is 24.3 Å². The number of aliphatic hydroxyl groups is 1. The molecule has 2 N–H and O–H groups in total. The van der Waals surface area contributed by atoms with Crippen molar-refractivity contribution in [1.29, 1.82) is 0 Å². The number of likely N-dealkylation sites (tertiary alicyclic amines) is 1. The molecule has 3 heterocycles. The first-order valence-electron chi connectivity index (χ1n) is 13.7. The van der Waals surface area contributed by atoms with Gasteiger partial charge in [-0.2, -0.15) is 0 Å². The number of nitrogens with one attached hydrogen (secondary N) is 1. The molecule has 4 rings (SSSR count). The molecule has 0 saturated carbocycles. The number of nitrogens with zero attached hydrogens (tertiary/aromatic N) is 2. The third kappa shape index (κ3) is 4.84. The lowest BCUT2D eigenvalue weighted by Gasteiger charge is -2.37. The number of carbonyl (C=O) groups excluding carboxylic acids is 3. The van der Waals surface area contributed by atoms with E-state index in [4.69, 9.17) is 9.47 Å². The van der Waals surface area contributed by atoms with E-state index in [9.17, 15) is 19.5 Å². The van der Waals surface area contributed by atoms with Crippen LogP contribution in [0.25, 0.3) is 0 Å². The van der Waals surface area contributed by atoms with Crippen LogP contribution < -0.4 is 10.2 Å². The maximum absolute atomic E-state index is 14.1. The van der Waals surface area contributed by atoms with Crippen LogP contribution in [0.5, 0.6) is 0 Å². The molecule has 2 bridgehead atoms. The summed E-state index contributed by atoms with van der Waals surface area (Å²) in [5, 5.41) is 13.3. The van der Waals surface area contributed by atoms with Crippen molar-refractivity contribution in [3.63, 3.8) is 0 Å². The summed E-state index contributed by atoms with van der Waals surface area (Å²) in [6, 6.07) is 6.03. The van der Waals surface area contributed by atoms with Crippen molar-refractivity contribution in [2.75, 3.05) is 36.5 Å². The first-order chi connectivity index (χ1) is 18.1. The monoisotopic (exact) mass is 593 g/mol. The second-order valence-electron chi connectivity index (χ2n) is 10.8. The van der Waals surface area contributed by atoms with E-state index < -0.39 is 41.6 Å². The zero-order valence-electron chi connectivity index (χ0n) is 22.9. The van der Waals surface area contributed by atoms with E-state index in [2.05, 4.69) is 40.0 Å². The van der Waals surface area contributed by atoms with E-state index in [-0.39, 0.29) is 35.8 Å². The van der Waals surface area contributed by atoms with Crippen LogP contribution in [0.1, 0.15) is 47.5 Å². The lowest BCUT2D eigenvalue weighted by Crippen LogP contribution is -2.56. The molecule has 1 spiro atoms. The normalized spacial score (nSPS) is 30.5. The highest BCUT2D eigenvalue weighted by atomic mass is 79.9. The van der Waals surface area contributed by atoms with Crippen molar-refractivity contribution in [3.05, 3.63) is 24.3 Å². The minimum absolute atomic E-state index is 0.177. The van der Waals surface area contributed by atoms with Gasteiger partial charge in [-0.25, -0.2) is 0 Å². The molecule has 3 fully saturated rings. The van der Waals surface area contributed by atoms with Gasteiger partial charge in [-0.1, -0.05) is 29.8 Å². The molecule has 3 aliphatic heterocycles. The summed E-state index contributed by atoms with van der Waals surface area (Å²) in [5.41, 5.74) is 0.467. The van der Waals surface area contributed by atoms with Crippen LogP contribution in [0.4, 0.5) is 11.4 Å². The van der Waals surface area contributed by atoms with Crippen molar-refractivity contribution < 1.29 is 29.0 Å². The molecule has 3 saturated heterocycles. The van der Waals surface area contributed by atoms with Crippen LogP contribution >= 0.6 is 15.9 Å². The number of benzene rings is 1. The van der Waals surface area contributed by atoms with Crippen LogP contribution in [0, 0.1) is 17.8 Å². The largest absolute Gasteiger partial charge is 0.466 e. The van der Waals surface area contributed by atoms with Crippen molar-refractivity contribution in [2.24, 2.45) is 17.8 Å². The van der Waals surface area contributed by atoms with Crippen LogP contribution in [0.2, 0.25) is 0 Å². The molecule has 0 radical (unpaired) electrons. The van der Waals surface area contributed by atoms with Crippen molar-refractivity contribution in [3.8, 4) is 0 Å². The van der Waals surface area contributed by atoms with Gasteiger partial charge in [0.2, 0.25) is 11.8 Å². The zero-order chi connectivity index (χ0) is 27.8. The maximum Gasteiger partial charge on any atom is 0.312 e. The number of anilines is 2. The Bertz CT molecular complexity index is 1030. The van der Waals surface area contributed by atoms with Gasteiger partial charge in [0, 0.05) is 29.3 Å². The number of aliphatic hydroxyl groups excluding tert-OH is 1. The number of amides is 2. The van der Waals surface area contributed by atoms with E-state index in [1.54, 1.807) is 6.92 Å². The van der Waals surface area contributed by atoms with Crippen LogP contribution in [-0.4, -0.2) is 82.7 Å². The summed E-state index contributed by atoms with van der Waals surface area (Å²) in [6.45, 7) is 11.6. The highest BCUT2D eigenvalue weighted by molar-refractivity contribution is 9.09. The van der Waals surface area contributed by atoms with Gasteiger partial charge in [0.1, 0.15) is 11.6 Å². The fourth-order valence-corrected chi connectivity index (χ4v) is 7.59. The fraction of sp³-hybridized carbons (Fsp3) is 0.679. The Morgan fingerprint density at radius 3 is 2.45 bits per heavy atom. The molecule has 9 nitrogen and oxygen atoms in total. The van der Waals surface area contributed by atoms with Gasteiger partial charge in [0.15, 0.2) is 0 Å². The van der Waals surface area contributed by atoms with E-state index in [1.165, 1.54) is 4.90 Å². The topological polar surface area (TPSA) is 108 Å². The Hall–Kier alpha value is -2.17. The summed E-state index contributed by atoms with van der Waals surface area (Å²) in [4.78, 5) is 44.6. The first kappa shape index (κ1) is 28.8. The average Bonchev–Trinajstić information content (AvgIpc) is 3.47. The number of hydrogen-bond donors (Lipinski definition) is 2. The maximum atomic E-state index is 14.1. The number of carbonyl (C=O) groups is 3.